The summed E-state index contributed by atoms with van der Waals surface area (Å²) in [6.07, 6.45) is 0.976. The van der Waals surface area contributed by atoms with Crippen molar-refractivity contribution in [1.29, 1.82) is 5.26 Å². The molecule has 0 unspecified atom stereocenters. The third-order valence-corrected chi connectivity index (χ3v) is 3.67. The molecule has 3 rings (SSSR count). The lowest BCUT2D eigenvalue weighted by atomic mass is 9.96. The number of nitrogen functional groups attached to an aromatic ring is 1. The molecule has 0 saturated carbocycles. The summed E-state index contributed by atoms with van der Waals surface area (Å²) in [5.41, 5.74) is 10.7. The van der Waals surface area contributed by atoms with Gasteiger partial charge in [0.25, 0.3) is 0 Å². The molecule has 5 heteroatoms. The molecule has 0 amide bonds. The number of benzene rings is 1. The largest absolute Gasteiger partial charge is 0.383 e. The number of nitrogens with one attached hydrogen (secondary N) is 1. The van der Waals surface area contributed by atoms with Crippen LogP contribution in [0.1, 0.15) is 23.7 Å². The number of hydrogen-bond donors (Lipinski definition) is 2. The smallest absolute Gasteiger partial charge is 0.183 e. The van der Waals surface area contributed by atoms with Crippen molar-refractivity contribution >= 4 is 16.9 Å². The van der Waals surface area contributed by atoms with Gasteiger partial charge in [-0.2, -0.15) is 10.4 Å². The molecule has 0 aliphatic carbocycles. The Labute approximate surface area is 122 Å². The van der Waals surface area contributed by atoms with E-state index in [4.69, 9.17) is 5.73 Å². The van der Waals surface area contributed by atoms with Gasteiger partial charge in [0.05, 0.1) is 5.39 Å². The van der Waals surface area contributed by atoms with Crippen LogP contribution in [-0.4, -0.2) is 15.2 Å². The summed E-state index contributed by atoms with van der Waals surface area (Å²) in [4.78, 5) is 4.20. The fourth-order valence-electron chi connectivity index (χ4n) is 2.53. The first-order valence-electron chi connectivity index (χ1n) is 6.79. The van der Waals surface area contributed by atoms with E-state index in [1.165, 1.54) is 5.56 Å². The highest BCUT2D eigenvalue weighted by Gasteiger charge is 2.18. The van der Waals surface area contributed by atoms with Crippen LogP contribution in [0, 0.1) is 18.3 Å². The molecular formula is C16H15N5. The van der Waals surface area contributed by atoms with Gasteiger partial charge in [0, 0.05) is 11.3 Å². The Hall–Kier alpha value is -2.87. The van der Waals surface area contributed by atoms with Crippen LogP contribution in [0.5, 0.6) is 0 Å². The van der Waals surface area contributed by atoms with E-state index in [1.54, 1.807) is 0 Å². The molecule has 0 aliphatic heterocycles. The second-order valence-electron chi connectivity index (χ2n) is 4.96. The van der Waals surface area contributed by atoms with E-state index >= 15 is 0 Å². The van der Waals surface area contributed by atoms with E-state index in [-0.39, 0.29) is 5.82 Å². The van der Waals surface area contributed by atoms with Gasteiger partial charge in [-0.1, -0.05) is 31.2 Å². The molecule has 1 aromatic carbocycles. The van der Waals surface area contributed by atoms with Crippen LogP contribution in [0.3, 0.4) is 0 Å². The molecule has 0 spiro atoms. The first-order valence-corrected chi connectivity index (χ1v) is 6.79. The molecule has 0 radical (unpaired) electrons. The number of fused-ring (bicyclic) bond motifs is 1. The topological polar surface area (TPSA) is 91.4 Å². The van der Waals surface area contributed by atoms with Crippen molar-refractivity contribution in [3.63, 3.8) is 0 Å². The first-order chi connectivity index (χ1) is 10.2. The van der Waals surface area contributed by atoms with Gasteiger partial charge in [-0.05, 0) is 24.5 Å². The van der Waals surface area contributed by atoms with Crippen LogP contribution in [0.15, 0.2) is 24.3 Å². The SMILES string of the molecule is CCc1ccc(-c2c(C#N)c(N)nc3n[nH]c(C)c23)cc1. The number of H-pyrrole nitrogens is 1. The maximum absolute atomic E-state index is 9.45. The Bertz CT molecular complexity index is 853. The van der Waals surface area contributed by atoms with Gasteiger partial charge in [-0.25, -0.2) is 4.98 Å². The zero-order valence-corrected chi connectivity index (χ0v) is 11.9. The van der Waals surface area contributed by atoms with Gasteiger partial charge in [-0.3, -0.25) is 5.10 Å². The molecule has 104 valence electrons. The summed E-state index contributed by atoms with van der Waals surface area (Å²) < 4.78 is 0. The van der Waals surface area contributed by atoms with Gasteiger partial charge in [0.1, 0.15) is 17.5 Å². The number of rotatable bonds is 2. The van der Waals surface area contributed by atoms with Crippen molar-refractivity contribution in [2.75, 3.05) is 5.73 Å². The molecule has 3 N–H and O–H groups in total. The fraction of sp³-hybridized carbons (Fsp3) is 0.188. The van der Waals surface area contributed by atoms with Crippen molar-refractivity contribution in [2.24, 2.45) is 0 Å². The highest BCUT2D eigenvalue weighted by molar-refractivity contribution is 5.99. The van der Waals surface area contributed by atoms with Crippen molar-refractivity contribution < 1.29 is 0 Å². The van der Waals surface area contributed by atoms with Crippen LogP contribution in [-0.2, 0) is 6.42 Å². The molecule has 0 atom stereocenters. The van der Waals surface area contributed by atoms with E-state index in [1.807, 2.05) is 19.1 Å². The van der Waals surface area contributed by atoms with E-state index in [0.717, 1.165) is 28.6 Å². The number of aryl methyl sites for hydroxylation is 2. The lowest BCUT2D eigenvalue weighted by Crippen LogP contribution is -1.99. The summed E-state index contributed by atoms with van der Waals surface area (Å²) in [5.74, 6) is 0.214. The first kappa shape index (κ1) is 13.1. The quantitative estimate of drug-likeness (QED) is 0.753. The number of aromatic nitrogens is 3. The Balaban J connectivity index is 2.38. The number of hydrogen-bond acceptors (Lipinski definition) is 4. The van der Waals surface area contributed by atoms with E-state index in [2.05, 4.69) is 40.3 Å². The number of pyridine rings is 1. The zero-order chi connectivity index (χ0) is 15.0. The standard InChI is InChI=1S/C16H15N5/c1-3-10-4-6-11(7-5-10)14-12(8-17)15(18)19-16-13(14)9(2)20-21-16/h4-7H,3H2,1-2H3,(H3,18,19,20,21). The average Bonchev–Trinajstić information content (AvgIpc) is 2.87. The van der Waals surface area contributed by atoms with Crippen LogP contribution in [0.2, 0.25) is 0 Å². The predicted molar refractivity (Wildman–Crippen MR) is 82.6 cm³/mol. The van der Waals surface area contributed by atoms with Gasteiger partial charge in [0.15, 0.2) is 5.65 Å². The molecular weight excluding hydrogens is 262 g/mol. The van der Waals surface area contributed by atoms with Crippen molar-refractivity contribution in [1.82, 2.24) is 15.2 Å². The Morgan fingerprint density at radius 1 is 1.29 bits per heavy atom. The number of nitrogens with two attached hydrogens (primary N) is 1. The number of nitriles is 1. The Kier molecular flexibility index (Phi) is 3.07. The minimum absolute atomic E-state index is 0.214. The number of aromatic amines is 1. The van der Waals surface area contributed by atoms with Gasteiger partial charge in [-0.15, -0.1) is 0 Å². The summed E-state index contributed by atoms with van der Waals surface area (Å²) in [6, 6.07) is 10.3. The predicted octanol–water partition coefficient (Wildman–Crippen LogP) is 2.95. The highest BCUT2D eigenvalue weighted by Crippen LogP contribution is 2.34. The molecule has 0 fully saturated rings. The van der Waals surface area contributed by atoms with Crippen LogP contribution < -0.4 is 5.73 Å². The van der Waals surface area contributed by atoms with Gasteiger partial charge < -0.3 is 5.73 Å². The molecule has 2 heterocycles. The number of anilines is 1. The average molecular weight is 277 g/mol. The van der Waals surface area contributed by atoms with Crippen LogP contribution in [0.4, 0.5) is 5.82 Å². The molecule has 0 bridgehead atoms. The second kappa shape index (κ2) is 4.91. The lowest BCUT2D eigenvalue weighted by molar-refractivity contribution is 1.06. The van der Waals surface area contributed by atoms with Gasteiger partial charge >= 0.3 is 0 Å². The second-order valence-corrected chi connectivity index (χ2v) is 4.96. The molecule has 21 heavy (non-hydrogen) atoms. The summed E-state index contributed by atoms with van der Waals surface area (Å²) in [5, 5.41) is 17.4. The Morgan fingerprint density at radius 2 is 2.00 bits per heavy atom. The lowest BCUT2D eigenvalue weighted by Gasteiger charge is -2.09. The molecule has 0 saturated heterocycles. The minimum atomic E-state index is 0.214. The highest BCUT2D eigenvalue weighted by atomic mass is 15.2. The van der Waals surface area contributed by atoms with Crippen molar-refractivity contribution in [3.05, 3.63) is 41.1 Å². The molecule has 5 nitrogen and oxygen atoms in total. The summed E-state index contributed by atoms with van der Waals surface area (Å²) >= 11 is 0. The van der Waals surface area contributed by atoms with E-state index < -0.39 is 0 Å². The third kappa shape index (κ3) is 2.01. The molecule has 2 aromatic heterocycles. The summed E-state index contributed by atoms with van der Waals surface area (Å²) in [6.45, 7) is 4.02. The maximum Gasteiger partial charge on any atom is 0.183 e. The normalized spacial score (nSPS) is 10.7. The van der Waals surface area contributed by atoms with Gasteiger partial charge in [0.2, 0.25) is 0 Å². The minimum Gasteiger partial charge on any atom is -0.383 e. The summed E-state index contributed by atoms with van der Waals surface area (Å²) in [7, 11) is 0. The monoisotopic (exact) mass is 277 g/mol. The molecule has 3 aromatic rings. The van der Waals surface area contributed by atoms with E-state index in [0.29, 0.717) is 11.2 Å². The van der Waals surface area contributed by atoms with Crippen LogP contribution in [0.25, 0.3) is 22.2 Å². The van der Waals surface area contributed by atoms with Crippen molar-refractivity contribution in [3.8, 4) is 17.2 Å². The Morgan fingerprint density at radius 3 is 2.62 bits per heavy atom. The maximum atomic E-state index is 9.45. The number of nitrogens with zero attached hydrogens (tertiary/aromatic N) is 3. The molecule has 0 aliphatic rings. The van der Waals surface area contributed by atoms with E-state index in [9.17, 15) is 5.26 Å². The van der Waals surface area contributed by atoms with Crippen molar-refractivity contribution in [2.45, 2.75) is 20.3 Å². The zero-order valence-electron chi connectivity index (χ0n) is 11.9. The fourth-order valence-corrected chi connectivity index (χ4v) is 2.53. The third-order valence-electron chi connectivity index (χ3n) is 3.67. The van der Waals surface area contributed by atoms with Crippen LogP contribution >= 0.6 is 0 Å².